The quantitative estimate of drug-likeness (QED) is 0.853. The zero-order chi connectivity index (χ0) is 13.8. The highest BCUT2D eigenvalue weighted by Gasteiger charge is 2.33. The summed E-state index contributed by atoms with van der Waals surface area (Å²) in [5, 5.41) is 9.09. The number of carbonyl (C=O) groups excluding carboxylic acids is 1. The number of hydrogen-bond acceptors (Lipinski definition) is 2. The molecule has 5 heteroatoms. The molecule has 1 atom stereocenters. The lowest BCUT2D eigenvalue weighted by Crippen LogP contribution is -2.51. The predicted molar refractivity (Wildman–Crippen MR) is 72.0 cm³/mol. The number of rotatable bonds is 3. The molecule has 0 radical (unpaired) electrons. The van der Waals surface area contributed by atoms with Crippen LogP contribution in [0.4, 0.5) is 4.79 Å². The third-order valence-corrected chi connectivity index (χ3v) is 4.39. The second kappa shape index (κ2) is 6.26. The maximum Gasteiger partial charge on any atom is 0.320 e. The van der Waals surface area contributed by atoms with Crippen LogP contribution in [0, 0.1) is 5.92 Å². The minimum atomic E-state index is -0.776. The number of carboxylic acid groups (broad SMARTS) is 1. The van der Waals surface area contributed by atoms with Gasteiger partial charge in [-0.15, -0.1) is 0 Å². The summed E-state index contributed by atoms with van der Waals surface area (Å²) >= 11 is 0. The first kappa shape index (κ1) is 14.2. The summed E-state index contributed by atoms with van der Waals surface area (Å²) in [6.07, 6.45) is 6.07. The molecular weight excluding hydrogens is 244 g/mol. The van der Waals surface area contributed by atoms with Crippen molar-refractivity contribution in [2.45, 2.75) is 51.5 Å². The van der Waals surface area contributed by atoms with Crippen molar-refractivity contribution in [3.05, 3.63) is 0 Å². The van der Waals surface area contributed by atoms with Crippen LogP contribution in [-0.2, 0) is 4.79 Å². The van der Waals surface area contributed by atoms with Gasteiger partial charge in [0.2, 0.25) is 0 Å². The van der Waals surface area contributed by atoms with Gasteiger partial charge in [0.25, 0.3) is 0 Å². The molecule has 2 fully saturated rings. The molecule has 0 spiro atoms. The molecule has 0 bridgehead atoms. The SMILES string of the molecule is CCN(C(=O)N1CCCC(C(=O)O)C1)C1CCCC1. The second-order valence-corrected chi connectivity index (χ2v) is 5.63. The van der Waals surface area contributed by atoms with E-state index in [1.54, 1.807) is 4.90 Å². The second-order valence-electron chi connectivity index (χ2n) is 5.63. The smallest absolute Gasteiger partial charge is 0.320 e. The van der Waals surface area contributed by atoms with Crippen molar-refractivity contribution < 1.29 is 14.7 Å². The fourth-order valence-corrected chi connectivity index (χ4v) is 3.30. The summed E-state index contributed by atoms with van der Waals surface area (Å²) in [4.78, 5) is 27.3. The Morgan fingerprint density at radius 1 is 1.21 bits per heavy atom. The molecule has 1 aliphatic heterocycles. The number of likely N-dealkylation sites (tertiary alicyclic amines) is 1. The van der Waals surface area contributed by atoms with Crippen LogP contribution in [0.25, 0.3) is 0 Å². The van der Waals surface area contributed by atoms with Crippen molar-refractivity contribution in [2.24, 2.45) is 5.92 Å². The normalized spacial score (nSPS) is 24.5. The van der Waals surface area contributed by atoms with Crippen LogP contribution in [0.5, 0.6) is 0 Å². The van der Waals surface area contributed by atoms with E-state index in [2.05, 4.69) is 0 Å². The van der Waals surface area contributed by atoms with Gasteiger partial charge in [-0.3, -0.25) is 4.79 Å². The Balaban J connectivity index is 1.98. The van der Waals surface area contributed by atoms with Crippen LogP contribution < -0.4 is 0 Å². The van der Waals surface area contributed by atoms with E-state index >= 15 is 0 Å². The van der Waals surface area contributed by atoms with Gasteiger partial charge >= 0.3 is 12.0 Å². The average Bonchev–Trinajstić information content (AvgIpc) is 2.93. The van der Waals surface area contributed by atoms with E-state index in [1.165, 1.54) is 12.8 Å². The van der Waals surface area contributed by atoms with Gasteiger partial charge in [0.05, 0.1) is 5.92 Å². The van der Waals surface area contributed by atoms with Gasteiger partial charge in [-0.05, 0) is 32.6 Å². The summed E-state index contributed by atoms with van der Waals surface area (Å²) in [6, 6.07) is 0.406. The van der Waals surface area contributed by atoms with E-state index in [9.17, 15) is 9.59 Å². The topological polar surface area (TPSA) is 60.9 Å². The molecule has 5 nitrogen and oxygen atoms in total. The van der Waals surface area contributed by atoms with Gasteiger partial charge in [0.1, 0.15) is 0 Å². The Kier molecular flexibility index (Phi) is 4.66. The molecule has 108 valence electrons. The highest BCUT2D eigenvalue weighted by molar-refractivity contribution is 5.77. The molecule has 2 rings (SSSR count). The van der Waals surface area contributed by atoms with Crippen molar-refractivity contribution in [2.75, 3.05) is 19.6 Å². The van der Waals surface area contributed by atoms with E-state index in [4.69, 9.17) is 5.11 Å². The van der Waals surface area contributed by atoms with Crippen LogP contribution in [0.2, 0.25) is 0 Å². The van der Waals surface area contributed by atoms with Crippen LogP contribution >= 0.6 is 0 Å². The van der Waals surface area contributed by atoms with E-state index in [1.807, 2.05) is 11.8 Å². The molecule has 1 heterocycles. The average molecular weight is 268 g/mol. The van der Waals surface area contributed by atoms with Gasteiger partial charge in [0.15, 0.2) is 0 Å². The predicted octanol–water partition coefficient (Wildman–Crippen LogP) is 2.17. The number of amides is 2. The minimum Gasteiger partial charge on any atom is -0.481 e. The third-order valence-electron chi connectivity index (χ3n) is 4.39. The lowest BCUT2D eigenvalue weighted by Gasteiger charge is -2.37. The van der Waals surface area contributed by atoms with Crippen LogP contribution in [0.3, 0.4) is 0 Å². The Bertz CT molecular complexity index is 340. The van der Waals surface area contributed by atoms with E-state index in [-0.39, 0.29) is 11.9 Å². The maximum atomic E-state index is 12.5. The summed E-state index contributed by atoms with van der Waals surface area (Å²) in [5.41, 5.74) is 0. The fourth-order valence-electron chi connectivity index (χ4n) is 3.30. The Labute approximate surface area is 114 Å². The Morgan fingerprint density at radius 3 is 2.47 bits per heavy atom. The molecule has 0 aromatic heterocycles. The molecule has 0 aromatic rings. The summed E-state index contributed by atoms with van der Waals surface area (Å²) in [5.74, 6) is -1.17. The molecule has 1 N–H and O–H groups in total. The van der Waals surface area contributed by atoms with Gasteiger partial charge in [-0.1, -0.05) is 12.8 Å². The number of carboxylic acids is 1. The third kappa shape index (κ3) is 3.19. The van der Waals surface area contributed by atoms with Crippen molar-refractivity contribution in [1.82, 2.24) is 9.80 Å². The highest BCUT2D eigenvalue weighted by Crippen LogP contribution is 2.25. The number of carbonyl (C=O) groups is 2. The molecule has 2 amide bonds. The van der Waals surface area contributed by atoms with Crippen molar-refractivity contribution >= 4 is 12.0 Å². The largest absolute Gasteiger partial charge is 0.481 e. The molecule has 2 aliphatic rings. The number of urea groups is 1. The summed E-state index contributed by atoms with van der Waals surface area (Å²) in [7, 11) is 0. The fraction of sp³-hybridized carbons (Fsp3) is 0.857. The number of aliphatic carboxylic acids is 1. The zero-order valence-corrected chi connectivity index (χ0v) is 11.7. The molecule has 1 unspecified atom stereocenters. The first-order chi connectivity index (χ1) is 9.13. The Hall–Kier alpha value is -1.26. The molecule has 1 saturated carbocycles. The van der Waals surface area contributed by atoms with Crippen LogP contribution in [0.1, 0.15) is 45.4 Å². The lowest BCUT2D eigenvalue weighted by molar-refractivity contribution is -0.143. The molecule has 19 heavy (non-hydrogen) atoms. The first-order valence-electron chi connectivity index (χ1n) is 7.41. The molecule has 1 aliphatic carbocycles. The minimum absolute atomic E-state index is 0.0420. The number of nitrogens with zero attached hydrogens (tertiary/aromatic N) is 2. The summed E-state index contributed by atoms with van der Waals surface area (Å²) < 4.78 is 0. The summed E-state index contributed by atoms with van der Waals surface area (Å²) in [6.45, 7) is 3.80. The molecular formula is C14H24N2O3. The van der Waals surface area contributed by atoms with Crippen molar-refractivity contribution in [3.8, 4) is 0 Å². The molecule has 0 aromatic carbocycles. The Morgan fingerprint density at radius 2 is 1.89 bits per heavy atom. The lowest BCUT2D eigenvalue weighted by atomic mass is 9.98. The van der Waals surface area contributed by atoms with Crippen LogP contribution in [0.15, 0.2) is 0 Å². The van der Waals surface area contributed by atoms with E-state index in [0.29, 0.717) is 25.6 Å². The monoisotopic (exact) mass is 268 g/mol. The van der Waals surface area contributed by atoms with Gasteiger partial charge in [0, 0.05) is 25.7 Å². The maximum absolute atomic E-state index is 12.5. The highest BCUT2D eigenvalue weighted by atomic mass is 16.4. The van der Waals surface area contributed by atoms with Gasteiger partial charge in [-0.2, -0.15) is 0 Å². The van der Waals surface area contributed by atoms with Gasteiger partial charge < -0.3 is 14.9 Å². The zero-order valence-electron chi connectivity index (χ0n) is 11.7. The van der Waals surface area contributed by atoms with Crippen molar-refractivity contribution in [3.63, 3.8) is 0 Å². The van der Waals surface area contributed by atoms with Crippen molar-refractivity contribution in [1.29, 1.82) is 0 Å². The van der Waals surface area contributed by atoms with E-state index in [0.717, 1.165) is 25.8 Å². The first-order valence-corrected chi connectivity index (χ1v) is 7.41. The standard InChI is InChI=1S/C14H24N2O3/c1-2-16(12-7-3-4-8-12)14(19)15-9-5-6-11(10-15)13(17)18/h11-12H,2-10H2,1H3,(H,17,18). The van der Waals surface area contributed by atoms with Gasteiger partial charge in [-0.25, -0.2) is 4.79 Å². The van der Waals surface area contributed by atoms with Crippen LogP contribution in [-0.4, -0.2) is 52.6 Å². The number of hydrogen-bond donors (Lipinski definition) is 1. The molecule has 1 saturated heterocycles. The number of piperidine rings is 1. The van der Waals surface area contributed by atoms with E-state index < -0.39 is 5.97 Å².